The number of nitrogens with zero attached hydrogens (tertiary/aromatic N) is 1. The standard InChI is InChI=1S/C12H13FN2/c1-8-2-3-9-6-11(13)7-10(4-5-14)12(9)15-8/h2-3,6-7H,4-5,14H2,1H3. The second-order valence-corrected chi connectivity index (χ2v) is 3.63. The maximum Gasteiger partial charge on any atom is 0.124 e. The summed E-state index contributed by atoms with van der Waals surface area (Å²) in [6, 6.07) is 6.79. The molecule has 78 valence electrons. The quantitative estimate of drug-likeness (QED) is 0.814. The lowest BCUT2D eigenvalue weighted by Crippen LogP contribution is -2.04. The molecule has 0 fully saturated rings. The Balaban J connectivity index is 2.70. The van der Waals surface area contributed by atoms with Gasteiger partial charge in [0.2, 0.25) is 0 Å². The Bertz CT molecular complexity index is 494. The topological polar surface area (TPSA) is 38.9 Å². The van der Waals surface area contributed by atoms with Crippen molar-refractivity contribution < 1.29 is 4.39 Å². The van der Waals surface area contributed by atoms with Crippen molar-refractivity contribution in [2.45, 2.75) is 13.3 Å². The summed E-state index contributed by atoms with van der Waals surface area (Å²) in [5.74, 6) is -0.225. The van der Waals surface area contributed by atoms with Crippen molar-refractivity contribution >= 4 is 10.9 Å². The van der Waals surface area contributed by atoms with Crippen molar-refractivity contribution in [2.24, 2.45) is 5.73 Å². The van der Waals surface area contributed by atoms with E-state index >= 15 is 0 Å². The van der Waals surface area contributed by atoms with Gasteiger partial charge in [-0.2, -0.15) is 0 Å². The molecule has 2 N–H and O–H groups in total. The van der Waals surface area contributed by atoms with Crippen molar-refractivity contribution in [1.82, 2.24) is 4.98 Å². The van der Waals surface area contributed by atoms with E-state index in [2.05, 4.69) is 4.98 Å². The summed E-state index contributed by atoms with van der Waals surface area (Å²) in [4.78, 5) is 4.41. The molecule has 0 aliphatic rings. The smallest absolute Gasteiger partial charge is 0.124 e. The van der Waals surface area contributed by atoms with Crippen LogP contribution >= 0.6 is 0 Å². The van der Waals surface area contributed by atoms with E-state index in [4.69, 9.17) is 5.73 Å². The van der Waals surface area contributed by atoms with Crippen LogP contribution in [0.5, 0.6) is 0 Å². The summed E-state index contributed by atoms with van der Waals surface area (Å²) in [7, 11) is 0. The fraction of sp³-hybridized carbons (Fsp3) is 0.250. The monoisotopic (exact) mass is 204 g/mol. The van der Waals surface area contributed by atoms with Crippen LogP contribution in [0.15, 0.2) is 24.3 Å². The van der Waals surface area contributed by atoms with Crippen LogP contribution in [0.1, 0.15) is 11.3 Å². The Morgan fingerprint density at radius 3 is 2.87 bits per heavy atom. The van der Waals surface area contributed by atoms with Gasteiger partial charge in [0.25, 0.3) is 0 Å². The molecule has 0 aliphatic heterocycles. The third-order valence-electron chi connectivity index (χ3n) is 2.39. The third kappa shape index (κ3) is 1.97. The van der Waals surface area contributed by atoms with Gasteiger partial charge >= 0.3 is 0 Å². The van der Waals surface area contributed by atoms with E-state index in [1.807, 2.05) is 19.1 Å². The van der Waals surface area contributed by atoms with Gasteiger partial charge in [0.05, 0.1) is 5.52 Å². The number of rotatable bonds is 2. The first-order chi connectivity index (χ1) is 7.20. The second-order valence-electron chi connectivity index (χ2n) is 3.63. The number of aryl methyl sites for hydroxylation is 1. The number of hydrogen-bond acceptors (Lipinski definition) is 2. The van der Waals surface area contributed by atoms with Crippen molar-refractivity contribution in [2.75, 3.05) is 6.54 Å². The SMILES string of the molecule is Cc1ccc2cc(F)cc(CCN)c2n1. The lowest BCUT2D eigenvalue weighted by molar-refractivity contribution is 0.627. The van der Waals surface area contributed by atoms with Crippen molar-refractivity contribution in [3.8, 4) is 0 Å². The van der Waals surface area contributed by atoms with E-state index in [1.165, 1.54) is 12.1 Å². The maximum absolute atomic E-state index is 13.3. The number of fused-ring (bicyclic) bond motifs is 1. The zero-order valence-corrected chi connectivity index (χ0v) is 8.63. The van der Waals surface area contributed by atoms with Crippen LogP contribution in [0.2, 0.25) is 0 Å². The van der Waals surface area contributed by atoms with Crippen LogP contribution in [0.25, 0.3) is 10.9 Å². The van der Waals surface area contributed by atoms with Gasteiger partial charge in [-0.3, -0.25) is 4.98 Å². The maximum atomic E-state index is 13.3. The van der Waals surface area contributed by atoms with E-state index in [1.54, 1.807) is 0 Å². The van der Waals surface area contributed by atoms with E-state index in [9.17, 15) is 4.39 Å². The Morgan fingerprint density at radius 1 is 1.33 bits per heavy atom. The molecule has 3 heteroatoms. The lowest BCUT2D eigenvalue weighted by atomic mass is 10.1. The number of benzene rings is 1. The molecule has 0 aliphatic carbocycles. The van der Waals surface area contributed by atoms with Crippen LogP contribution in [0.3, 0.4) is 0 Å². The molecular formula is C12H13FN2. The fourth-order valence-corrected chi connectivity index (χ4v) is 1.71. The predicted molar refractivity (Wildman–Crippen MR) is 59.2 cm³/mol. The summed E-state index contributed by atoms with van der Waals surface area (Å²) in [5, 5.41) is 0.837. The highest BCUT2D eigenvalue weighted by Gasteiger charge is 2.05. The largest absolute Gasteiger partial charge is 0.330 e. The van der Waals surface area contributed by atoms with Crippen LogP contribution in [0, 0.1) is 12.7 Å². The van der Waals surface area contributed by atoms with Gasteiger partial charge in [0.15, 0.2) is 0 Å². The Labute approximate surface area is 87.9 Å². The Hall–Kier alpha value is -1.48. The fourth-order valence-electron chi connectivity index (χ4n) is 1.71. The molecule has 1 aromatic carbocycles. The average molecular weight is 204 g/mol. The van der Waals surface area contributed by atoms with Crippen LogP contribution in [-0.4, -0.2) is 11.5 Å². The van der Waals surface area contributed by atoms with E-state index in [0.717, 1.165) is 22.2 Å². The Morgan fingerprint density at radius 2 is 2.13 bits per heavy atom. The molecule has 2 nitrogen and oxygen atoms in total. The van der Waals surface area contributed by atoms with Gasteiger partial charge in [0.1, 0.15) is 5.82 Å². The lowest BCUT2D eigenvalue weighted by Gasteiger charge is -2.05. The Kier molecular flexibility index (Phi) is 2.64. The first kappa shape index (κ1) is 10.1. The highest BCUT2D eigenvalue weighted by Crippen LogP contribution is 2.19. The molecule has 0 atom stereocenters. The number of aromatic nitrogens is 1. The van der Waals surface area contributed by atoms with E-state index < -0.39 is 0 Å². The molecule has 0 bridgehead atoms. The average Bonchev–Trinajstić information content (AvgIpc) is 2.19. The molecule has 0 saturated carbocycles. The molecule has 2 rings (SSSR count). The first-order valence-electron chi connectivity index (χ1n) is 4.96. The zero-order valence-electron chi connectivity index (χ0n) is 8.63. The summed E-state index contributed by atoms with van der Waals surface area (Å²) in [6.07, 6.45) is 0.657. The van der Waals surface area contributed by atoms with Gasteiger partial charge in [-0.25, -0.2) is 4.39 Å². The summed E-state index contributed by atoms with van der Waals surface area (Å²) in [6.45, 7) is 2.43. The number of pyridine rings is 1. The van der Waals surface area contributed by atoms with Crippen molar-refractivity contribution in [3.63, 3.8) is 0 Å². The minimum Gasteiger partial charge on any atom is -0.330 e. The first-order valence-corrected chi connectivity index (χ1v) is 4.96. The molecule has 0 radical (unpaired) electrons. The van der Waals surface area contributed by atoms with Gasteiger partial charge in [-0.05, 0) is 43.7 Å². The van der Waals surface area contributed by atoms with E-state index in [0.29, 0.717) is 13.0 Å². The highest BCUT2D eigenvalue weighted by molar-refractivity contribution is 5.82. The predicted octanol–water partition coefficient (Wildman–Crippen LogP) is 2.18. The van der Waals surface area contributed by atoms with Crippen molar-refractivity contribution in [1.29, 1.82) is 0 Å². The molecule has 0 spiro atoms. The third-order valence-corrected chi connectivity index (χ3v) is 2.39. The van der Waals surface area contributed by atoms with Gasteiger partial charge in [0, 0.05) is 11.1 Å². The summed E-state index contributed by atoms with van der Waals surface area (Å²) >= 11 is 0. The molecule has 1 heterocycles. The van der Waals surface area contributed by atoms with Gasteiger partial charge in [-0.1, -0.05) is 6.07 Å². The molecular weight excluding hydrogens is 191 g/mol. The number of nitrogens with two attached hydrogens (primary N) is 1. The number of halogens is 1. The minimum absolute atomic E-state index is 0.225. The van der Waals surface area contributed by atoms with Crippen LogP contribution in [-0.2, 0) is 6.42 Å². The molecule has 0 unspecified atom stereocenters. The molecule has 15 heavy (non-hydrogen) atoms. The molecule has 2 aromatic rings. The van der Waals surface area contributed by atoms with Crippen LogP contribution in [0.4, 0.5) is 4.39 Å². The van der Waals surface area contributed by atoms with Gasteiger partial charge in [-0.15, -0.1) is 0 Å². The molecule has 0 amide bonds. The normalized spacial score (nSPS) is 10.9. The highest BCUT2D eigenvalue weighted by atomic mass is 19.1. The zero-order chi connectivity index (χ0) is 10.8. The second kappa shape index (κ2) is 3.95. The molecule has 1 aromatic heterocycles. The van der Waals surface area contributed by atoms with E-state index in [-0.39, 0.29) is 5.82 Å². The summed E-state index contributed by atoms with van der Waals surface area (Å²) in [5.41, 5.74) is 8.18. The van der Waals surface area contributed by atoms with Gasteiger partial charge < -0.3 is 5.73 Å². The number of hydrogen-bond donors (Lipinski definition) is 1. The molecule has 0 saturated heterocycles. The van der Waals surface area contributed by atoms with Crippen molar-refractivity contribution in [3.05, 3.63) is 41.3 Å². The van der Waals surface area contributed by atoms with Crippen LogP contribution < -0.4 is 5.73 Å². The summed E-state index contributed by atoms with van der Waals surface area (Å²) < 4.78 is 13.3. The minimum atomic E-state index is -0.225.